The van der Waals surface area contributed by atoms with Crippen LogP contribution in [0.1, 0.15) is 19.8 Å². The Hall–Kier alpha value is -1.44. The maximum absolute atomic E-state index is 9.50. The van der Waals surface area contributed by atoms with Crippen molar-refractivity contribution in [3.63, 3.8) is 0 Å². The van der Waals surface area contributed by atoms with Crippen molar-refractivity contribution in [1.29, 1.82) is 0 Å². The van der Waals surface area contributed by atoms with Crippen LogP contribution in [0.4, 0.5) is 11.6 Å². The zero-order valence-electron chi connectivity index (χ0n) is 14.9. The molecule has 3 heterocycles. The number of likely N-dealkylation sites (N-methyl/N-ethyl adjacent to an activating group) is 1. The fourth-order valence-electron chi connectivity index (χ4n) is 3.57. The van der Waals surface area contributed by atoms with E-state index in [1.165, 1.54) is 0 Å². The molecular formula is C17H30N6O. The highest BCUT2D eigenvalue weighted by atomic mass is 16.3. The van der Waals surface area contributed by atoms with E-state index in [1.807, 2.05) is 6.07 Å². The smallest absolute Gasteiger partial charge is 0.134 e. The lowest BCUT2D eigenvalue weighted by molar-refractivity contribution is 0.123. The van der Waals surface area contributed by atoms with Crippen molar-refractivity contribution >= 4 is 11.6 Å². The summed E-state index contributed by atoms with van der Waals surface area (Å²) in [6.45, 7) is 8.82. The standard InChI is InChI=1S/C17H30N6O/c1-14(22-8-6-21(2)7-9-22)11-18-16-10-17(20-13-19-16)23-5-3-4-15(23)12-24/h10,13-15,24H,3-9,11-12H2,1-2H3,(H,18,19,20). The Labute approximate surface area is 144 Å². The van der Waals surface area contributed by atoms with E-state index < -0.39 is 0 Å². The van der Waals surface area contributed by atoms with Gasteiger partial charge in [-0.15, -0.1) is 0 Å². The van der Waals surface area contributed by atoms with Gasteiger partial charge in [0, 0.05) is 51.4 Å². The van der Waals surface area contributed by atoms with Gasteiger partial charge in [-0.25, -0.2) is 9.97 Å². The molecule has 2 fully saturated rings. The molecule has 3 rings (SSSR count). The van der Waals surface area contributed by atoms with Gasteiger partial charge in [0.25, 0.3) is 0 Å². The lowest BCUT2D eigenvalue weighted by Crippen LogP contribution is -2.49. The Kier molecular flexibility index (Phi) is 5.86. The summed E-state index contributed by atoms with van der Waals surface area (Å²) in [7, 11) is 2.18. The van der Waals surface area contributed by atoms with E-state index in [9.17, 15) is 5.11 Å². The van der Waals surface area contributed by atoms with Gasteiger partial charge in [0.05, 0.1) is 12.6 Å². The van der Waals surface area contributed by atoms with Crippen molar-refractivity contribution in [2.24, 2.45) is 0 Å². The van der Waals surface area contributed by atoms with Crippen molar-refractivity contribution in [3.05, 3.63) is 12.4 Å². The third-order valence-electron chi connectivity index (χ3n) is 5.27. The van der Waals surface area contributed by atoms with Gasteiger partial charge in [-0.2, -0.15) is 0 Å². The summed E-state index contributed by atoms with van der Waals surface area (Å²) in [4.78, 5) is 15.8. The van der Waals surface area contributed by atoms with Gasteiger partial charge in [0.1, 0.15) is 18.0 Å². The minimum atomic E-state index is 0.188. The molecule has 2 unspecified atom stereocenters. The van der Waals surface area contributed by atoms with Gasteiger partial charge >= 0.3 is 0 Å². The molecule has 24 heavy (non-hydrogen) atoms. The second kappa shape index (κ2) is 8.09. The highest BCUT2D eigenvalue weighted by Gasteiger charge is 2.25. The minimum absolute atomic E-state index is 0.188. The van der Waals surface area contributed by atoms with E-state index in [0.717, 1.165) is 63.7 Å². The molecule has 2 saturated heterocycles. The molecule has 2 aliphatic rings. The number of hydrogen-bond donors (Lipinski definition) is 2. The van der Waals surface area contributed by atoms with Crippen LogP contribution in [-0.4, -0.2) is 89.9 Å². The van der Waals surface area contributed by atoms with E-state index in [-0.39, 0.29) is 12.6 Å². The van der Waals surface area contributed by atoms with Crippen LogP contribution in [0, 0.1) is 0 Å². The zero-order chi connectivity index (χ0) is 16.9. The van der Waals surface area contributed by atoms with Gasteiger partial charge < -0.3 is 20.2 Å². The molecule has 2 atom stereocenters. The number of anilines is 2. The average molecular weight is 334 g/mol. The number of nitrogens with zero attached hydrogens (tertiary/aromatic N) is 5. The second-order valence-corrected chi connectivity index (χ2v) is 7.00. The second-order valence-electron chi connectivity index (χ2n) is 7.00. The van der Waals surface area contributed by atoms with Gasteiger partial charge in [-0.05, 0) is 26.8 Å². The zero-order valence-corrected chi connectivity index (χ0v) is 14.9. The summed E-state index contributed by atoms with van der Waals surface area (Å²) in [5.74, 6) is 1.78. The maximum Gasteiger partial charge on any atom is 0.134 e. The average Bonchev–Trinajstić information content (AvgIpc) is 3.09. The van der Waals surface area contributed by atoms with Crippen LogP contribution in [0.3, 0.4) is 0 Å². The Bertz CT molecular complexity index is 520. The summed E-state index contributed by atoms with van der Waals surface area (Å²) in [6, 6.07) is 2.68. The van der Waals surface area contributed by atoms with Gasteiger partial charge in [-0.1, -0.05) is 0 Å². The molecule has 0 radical (unpaired) electrons. The Morgan fingerprint density at radius 2 is 2.04 bits per heavy atom. The number of piperazine rings is 1. The third kappa shape index (κ3) is 4.15. The SMILES string of the molecule is CC(CNc1cc(N2CCCC2CO)ncn1)N1CCN(C)CC1. The molecule has 0 saturated carbocycles. The molecule has 2 N–H and O–H groups in total. The monoisotopic (exact) mass is 334 g/mol. The van der Waals surface area contributed by atoms with Crippen molar-refractivity contribution in [1.82, 2.24) is 19.8 Å². The van der Waals surface area contributed by atoms with Crippen LogP contribution >= 0.6 is 0 Å². The van der Waals surface area contributed by atoms with Crippen LogP contribution in [-0.2, 0) is 0 Å². The fourth-order valence-corrected chi connectivity index (χ4v) is 3.57. The molecule has 1 aromatic rings. The molecule has 0 amide bonds. The summed E-state index contributed by atoms with van der Waals surface area (Å²) >= 11 is 0. The van der Waals surface area contributed by atoms with E-state index in [2.05, 4.69) is 44.0 Å². The number of rotatable bonds is 6. The molecule has 0 aliphatic carbocycles. The lowest BCUT2D eigenvalue weighted by atomic mass is 10.2. The van der Waals surface area contributed by atoms with E-state index >= 15 is 0 Å². The van der Waals surface area contributed by atoms with Gasteiger partial charge in [0.2, 0.25) is 0 Å². The van der Waals surface area contributed by atoms with Gasteiger partial charge in [0.15, 0.2) is 0 Å². The van der Waals surface area contributed by atoms with E-state index in [1.54, 1.807) is 6.33 Å². The van der Waals surface area contributed by atoms with Crippen LogP contribution in [0.15, 0.2) is 12.4 Å². The van der Waals surface area contributed by atoms with Gasteiger partial charge in [-0.3, -0.25) is 4.90 Å². The lowest BCUT2D eigenvalue weighted by Gasteiger charge is -2.36. The number of aliphatic hydroxyl groups excluding tert-OH is 1. The van der Waals surface area contributed by atoms with Crippen LogP contribution in [0.2, 0.25) is 0 Å². The van der Waals surface area contributed by atoms with Crippen molar-refractivity contribution in [3.8, 4) is 0 Å². The summed E-state index contributed by atoms with van der Waals surface area (Å²) in [5, 5.41) is 13.0. The summed E-state index contributed by atoms with van der Waals surface area (Å²) in [6.07, 6.45) is 3.76. The predicted octanol–water partition coefficient (Wildman–Crippen LogP) is 0.486. The summed E-state index contributed by atoms with van der Waals surface area (Å²) in [5.41, 5.74) is 0. The molecule has 7 heteroatoms. The van der Waals surface area contributed by atoms with Crippen molar-refractivity contribution < 1.29 is 5.11 Å². The number of nitrogens with one attached hydrogen (secondary N) is 1. The third-order valence-corrected chi connectivity index (χ3v) is 5.27. The molecule has 134 valence electrons. The molecule has 0 spiro atoms. The minimum Gasteiger partial charge on any atom is -0.394 e. The number of hydrogen-bond acceptors (Lipinski definition) is 7. The van der Waals surface area contributed by atoms with Crippen molar-refractivity contribution in [2.45, 2.75) is 31.8 Å². The highest BCUT2D eigenvalue weighted by Crippen LogP contribution is 2.24. The first-order chi connectivity index (χ1) is 11.7. The Balaban J connectivity index is 1.55. The number of aromatic nitrogens is 2. The molecule has 7 nitrogen and oxygen atoms in total. The molecule has 0 bridgehead atoms. The molecule has 2 aliphatic heterocycles. The quantitative estimate of drug-likeness (QED) is 0.784. The van der Waals surface area contributed by atoms with Crippen molar-refractivity contribution in [2.75, 3.05) is 63.1 Å². The molecular weight excluding hydrogens is 304 g/mol. The highest BCUT2D eigenvalue weighted by molar-refractivity contribution is 5.49. The predicted molar refractivity (Wildman–Crippen MR) is 96.5 cm³/mol. The first kappa shape index (κ1) is 17.4. The normalized spacial score (nSPS) is 24.3. The topological polar surface area (TPSA) is 67.8 Å². The Morgan fingerprint density at radius 1 is 1.25 bits per heavy atom. The van der Waals surface area contributed by atoms with E-state index in [0.29, 0.717) is 6.04 Å². The van der Waals surface area contributed by atoms with Crippen LogP contribution in [0.25, 0.3) is 0 Å². The Morgan fingerprint density at radius 3 is 2.79 bits per heavy atom. The van der Waals surface area contributed by atoms with Crippen LogP contribution in [0.5, 0.6) is 0 Å². The van der Waals surface area contributed by atoms with E-state index in [4.69, 9.17) is 0 Å². The first-order valence-corrected chi connectivity index (χ1v) is 9.03. The largest absolute Gasteiger partial charge is 0.394 e. The maximum atomic E-state index is 9.50. The first-order valence-electron chi connectivity index (χ1n) is 9.03. The number of aliphatic hydroxyl groups is 1. The molecule has 1 aromatic heterocycles. The van der Waals surface area contributed by atoms with Crippen LogP contribution < -0.4 is 10.2 Å². The molecule has 0 aromatic carbocycles. The summed E-state index contributed by atoms with van der Waals surface area (Å²) < 4.78 is 0. The fraction of sp³-hybridized carbons (Fsp3) is 0.765.